The first-order valence-electron chi connectivity index (χ1n) is 7.53. The highest BCUT2D eigenvalue weighted by molar-refractivity contribution is 7.99. The number of rotatable bonds is 6. The summed E-state index contributed by atoms with van der Waals surface area (Å²) < 4.78 is 0.179. The monoisotopic (exact) mass is 348 g/mol. The van der Waals surface area contributed by atoms with Crippen LogP contribution < -0.4 is 10.6 Å². The normalized spacial score (nSPS) is 12.3. The van der Waals surface area contributed by atoms with Crippen LogP contribution in [0.2, 0.25) is 0 Å². The molecule has 0 atom stereocenters. The molecule has 1 heterocycles. The Bertz CT molecular complexity index is 635. The summed E-state index contributed by atoms with van der Waals surface area (Å²) in [4.78, 5) is 8.95. The topological polar surface area (TPSA) is 49.3 Å². The Labute approximate surface area is 146 Å². The van der Waals surface area contributed by atoms with Crippen molar-refractivity contribution in [3.8, 4) is 10.6 Å². The van der Waals surface area contributed by atoms with Crippen molar-refractivity contribution in [1.29, 1.82) is 0 Å². The third-order valence-electron chi connectivity index (χ3n) is 3.47. The van der Waals surface area contributed by atoms with Crippen LogP contribution in [0.15, 0.2) is 40.7 Å². The largest absolute Gasteiger partial charge is 0.355 e. The molecule has 0 aliphatic rings. The van der Waals surface area contributed by atoms with Gasteiger partial charge >= 0.3 is 0 Å². The number of aromatic nitrogens is 1. The second-order valence-corrected chi connectivity index (χ2v) is 8.12. The first-order chi connectivity index (χ1) is 11.0. The van der Waals surface area contributed by atoms with Crippen LogP contribution >= 0.6 is 23.1 Å². The fraction of sp³-hybridized carbons (Fsp3) is 0.412. The van der Waals surface area contributed by atoms with Gasteiger partial charge in [0.2, 0.25) is 0 Å². The number of hydrogen-bond acceptors (Lipinski definition) is 4. The second-order valence-electron chi connectivity index (χ2n) is 5.75. The number of nitrogens with one attached hydrogen (secondary N) is 2. The van der Waals surface area contributed by atoms with Crippen LogP contribution in [0.25, 0.3) is 10.6 Å². The number of benzene rings is 1. The fourth-order valence-electron chi connectivity index (χ4n) is 1.87. The lowest BCUT2D eigenvalue weighted by molar-refractivity contribution is 0.663. The van der Waals surface area contributed by atoms with Crippen LogP contribution in [0.1, 0.15) is 19.5 Å². The van der Waals surface area contributed by atoms with Crippen molar-refractivity contribution in [2.24, 2.45) is 4.99 Å². The van der Waals surface area contributed by atoms with Crippen molar-refractivity contribution >= 4 is 29.1 Å². The molecule has 2 aromatic rings. The second kappa shape index (κ2) is 8.36. The highest BCUT2D eigenvalue weighted by atomic mass is 32.2. The highest BCUT2D eigenvalue weighted by Gasteiger charge is 2.16. The third-order valence-corrected chi connectivity index (χ3v) is 5.66. The molecule has 0 saturated carbocycles. The minimum atomic E-state index is 0.179. The Morgan fingerprint density at radius 1 is 1.26 bits per heavy atom. The van der Waals surface area contributed by atoms with Crippen LogP contribution in [0, 0.1) is 0 Å². The summed E-state index contributed by atoms with van der Waals surface area (Å²) in [6.07, 6.45) is 2.12. The number of thioether (sulfide) groups is 1. The molecule has 2 rings (SSSR count). The van der Waals surface area contributed by atoms with E-state index >= 15 is 0 Å². The summed E-state index contributed by atoms with van der Waals surface area (Å²) in [7, 11) is 1.79. The first-order valence-corrected chi connectivity index (χ1v) is 9.64. The van der Waals surface area contributed by atoms with Crippen LogP contribution in [0.3, 0.4) is 0 Å². The van der Waals surface area contributed by atoms with E-state index in [0.717, 1.165) is 28.8 Å². The van der Waals surface area contributed by atoms with Gasteiger partial charge in [0.1, 0.15) is 5.01 Å². The molecule has 0 fully saturated rings. The molecular weight excluding hydrogens is 324 g/mol. The summed E-state index contributed by atoms with van der Waals surface area (Å²) in [5.74, 6) is 0.807. The van der Waals surface area contributed by atoms with Crippen LogP contribution in [-0.2, 0) is 6.54 Å². The number of aliphatic imine (C=N–C) groups is 1. The molecule has 1 aromatic carbocycles. The van der Waals surface area contributed by atoms with Crippen molar-refractivity contribution in [2.45, 2.75) is 25.1 Å². The van der Waals surface area contributed by atoms with Crippen molar-refractivity contribution in [2.75, 3.05) is 19.8 Å². The van der Waals surface area contributed by atoms with Gasteiger partial charge in [0, 0.05) is 29.3 Å². The minimum absolute atomic E-state index is 0.179. The zero-order valence-corrected chi connectivity index (χ0v) is 15.7. The predicted octanol–water partition coefficient (Wildman–Crippen LogP) is 3.62. The van der Waals surface area contributed by atoms with Crippen molar-refractivity contribution < 1.29 is 0 Å². The lowest BCUT2D eigenvalue weighted by Crippen LogP contribution is -2.43. The van der Waals surface area contributed by atoms with Gasteiger partial charge in [-0.05, 0) is 20.1 Å². The molecule has 124 valence electrons. The van der Waals surface area contributed by atoms with Crippen LogP contribution in [0.4, 0.5) is 0 Å². The van der Waals surface area contributed by atoms with Gasteiger partial charge in [-0.3, -0.25) is 4.99 Å². The van der Waals surface area contributed by atoms with E-state index in [2.05, 4.69) is 58.2 Å². The zero-order chi connectivity index (χ0) is 16.7. The Kier molecular flexibility index (Phi) is 6.47. The number of guanidine groups is 1. The minimum Gasteiger partial charge on any atom is -0.355 e. The molecule has 0 bridgehead atoms. The summed E-state index contributed by atoms with van der Waals surface area (Å²) in [5.41, 5.74) is 2.19. The van der Waals surface area contributed by atoms with Gasteiger partial charge in [0.25, 0.3) is 0 Å². The van der Waals surface area contributed by atoms with Gasteiger partial charge in [0.15, 0.2) is 5.96 Å². The first kappa shape index (κ1) is 17.8. The van der Waals surface area contributed by atoms with Crippen molar-refractivity contribution in [3.05, 3.63) is 41.4 Å². The van der Waals surface area contributed by atoms with E-state index in [9.17, 15) is 0 Å². The summed E-state index contributed by atoms with van der Waals surface area (Å²) in [6.45, 7) is 5.96. The number of hydrogen-bond donors (Lipinski definition) is 2. The average Bonchev–Trinajstić information content (AvgIpc) is 3.05. The van der Waals surface area contributed by atoms with Crippen molar-refractivity contribution in [1.82, 2.24) is 15.6 Å². The molecule has 2 N–H and O–H groups in total. The van der Waals surface area contributed by atoms with Gasteiger partial charge in [-0.25, -0.2) is 4.98 Å². The molecule has 0 spiro atoms. The SMILES string of the molecule is CN=C(NCc1csc(-c2ccccc2)n1)NCC(C)(C)SC. The maximum atomic E-state index is 4.68. The Balaban J connectivity index is 1.89. The van der Waals surface area contributed by atoms with E-state index in [0.29, 0.717) is 6.54 Å². The molecule has 4 nitrogen and oxygen atoms in total. The van der Waals surface area contributed by atoms with Crippen LogP contribution in [-0.4, -0.2) is 35.5 Å². The number of thiazole rings is 1. The molecule has 0 saturated heterocycles. The van der Waals surface area contributed by atoms with E-state index in [4.69, 9.17) is 0 Å². The molecule has 0 aliphatic carbocycles. The van der Waals surface area contributed by atoms with Gasteiger partial charge < -0.3 is 10.6 Å². The molecule has 1 aromatic heterocycles. The maximum Gasteiger partial charge on any atom is 0.191 e. The quantitative estimate of drug-likeness (QED) is 0.618. The van der Waals surface area contributed by atoms with E-state index in [1.807, 2.05) is 30.0 Å². The fourth-order valence-corrected chi connectivity index (χ4v) is 2.91. The lowest BCUT2D eigenvalue weighted by Gasteiger charge is -2.23. The average molecular weight is 349 g/mol. The van der Waals surface area contributed by atoms with Gasteiger partial charge in [-0.1, -0.05) is 30.3 Å². The Morgan fingerprint density at radius 2 is 2.00 bits per heavy atom. The molecule has 23 heavy (non-hydrogen) atoms. The van der Waals surface area contributed by atoms with Gasteiger partial charge in [-0.2, -0.15) is 11.8 Å². The highest BCUT2D eigenvalue weighted by Crippen LogP contribution is 2.23. The summed E-state index contributed by atoms with van der Waals surface area (Å²) in [5, 5.41) is 9.83. The zero-order valence-electron chi connectivity index (χ0n) is 14.1. The summed E-state index contributed by atoms with van der Waals surface area (Å²) >= 11 is 3.51. The Morgan fingerprint density at radius 3 is 2.65 bits per heavy atom. The summed E-state index contributed by atoms with van der Waals surface area (Å²) in [6, 6.07) is 10.3. The maximum absolute atomic E-state index is 4.68. The van der Waals surface area contributed by atoms with Crippen LogP contribution in [0.5, 0.6) is 0 Å². The van der Waals surface area contributed by atoms with E-state index in [-0.39, 0.29) is 4.75 Å². The van der Waals surface area contributed by atoms with Crippen molar-refractivity contribution in [3.63, 3.8) is 0 Å². The lowest BCUT2D eigenvalue weighted by atomic mass is 10.2. The molecule has 0 aliphatic heterocycles. The molecule has 0 radical (unpaired) electrons. The molecular formula is C17H24N4S2. The Hall–Kier alpha value is -1.53. The van der Waals surface area contributed by atoms with E-state index in [1.165, 1.54) is 0 Å². The smallest absolute Gasteiger partial charge is 0.191 e. The molecule has 0 amide bonds. The molecule has 0 unspecified atom stereocenters. The van der Waals surface area contributed by atoms with Gasteiger partial charge in [-0.15, -0.1) is 11.3 Å². The van der Waals surface area contributed by atoms with Gasteiger partial charge in [0.05, 0.1) is 12.2 Å². The predicted molar refractivity (Wildman–Crippen MR) is 103 cm³/mol. The van der Waals surface area contributed by atoms with E-state index < -0.39 is 0 Å². The third kappa shape index (κ3) is 5.55. The molecule has 6 heteroatoms. The standard InChI is InChI=1S/C17H24N4S2/c1-17(2,22-4)12-20-16(18-3)19-10-14-11-23-15(21-14)13-8-6-5-7-9-13/h5-9,11H,10,12H2,1-4H3,(H2,18,19,20). The van der Waals surface area contributed by atoms with E-state index in [1.54, 1.807) is 18.4 Å². The number of nitrogens with zero attached hydrogens (tertiary/aromatic N) is 2.